The molecule has 2 amide bonds. The number of aryl methyl sites for hydroxylation is 3. The van der Waals surface area contributed by atoms with Crippen LogP contribution in [0.2, 0.25) is 0 Å². The topological polar surface area (TPSA) is 58.4 Å². The number of likely N-dealkylation sites (tertiary alicyclic amines) is 1. The first kappa shape index (κ1) is 16.6. The molecule has 1 aliphatic heterocycles. The molecule has 1 N–H and O–H groups in total. The number of nitrogens with one attached hydrogen (secondary N) is 1. The molecule has 128 valence electrons. The van der Waals surface area contributed by atoms with Crippen molar-refractivity contribution in [1.29, 1.82) is 0 Å². The summed E-state index contributed by atoms with van der Waals surface area (Å²) in [7, 11) is 0. The highest BCUT2D eigenvalue weighted by atomic mass is 16.5. The molecular formula is C19H25N3O2. The van der Waals surface area contributed by atoms with E-state index in [2.05, 4.69) is 36.5 Å². The normalized spacial score (nSPS) is 17.3. The van der Waals surface area contributed by atoms with Gasteiger partial charge in [0.15, 0.2) is 0 Å². The van der Waals surface area contributed by atoms with Crippen LogP contribution in [0.25, 0.3) is 0 Å². The van der Waals surface area contributed by atoms with Crippen molar-refractivity contribution < 1.29 is 9.32 Å². The number of hydrogen-bond donors (Lipinski definition) is 1. The second-order valence-electron chi connectivity index (χ2n) is 6.29. The number of urea groups is 1. The van der Waals surface area contributed by atoms with Crippen LogP contribution in [-0.4, -0.2) is 22.6 Å². The summed E-state index contributed by atoms with van der Waals surface area (Å²) in [5.41, 5.74) is 4.08. The molecule has 1 atom stereocenters. The zero-order valence-electron chi connectivity index (χ0n) is 14.6. The molecule has 3 rings (SSSR count). The predicted octanol–water partition coefficient (Wildman–Crippen LogP) is 4.48. The molecule has 1 unspecified atom stereocenters. The van der Waals surface area contributed by atoms with Gasteiger partial charge in [-0.25, -0.2) is 4.79 Å². The van der Waals surface area contributed by atoms with Gasteiger partial charge in [0.1, 0.15) is 5.76 Å². The Bertz CT molecular complexity index is 706. The van der Waals surface area contributed by atoms with Crippen molar-refractivity contribution >= 4 is 11.7 Å². The average Bonchev–Trinajstić information content (AvgIpc) is 3.21. The minimum atomic E-state index is -0.0515. The maximum atomic E-state index is 12.7. The molecule has 5 nitrogen and oxygen atoms in total. The van der Waals surface area contributed by atoms with Gasteiger partial charge in [0.25, 0.3) is 0 Å². The van der Waals surface area contributed by atoms with E-state index >= 15 is 0 Å². The fourth-order valence-electron chi connectivity index (χ4n) is 3.43. The van der Waals surface area contributed by atoms with E-state index in [4.69, 9.17) is 4.52 Å². The standard InChI is InChI=1S/C19H25N3O2/c1-4-14-8-10-15(11-9-14)20-19(23)22-12-6-7-16(22)18-13(3)21-24-17(18)5-2/h8-11,16H,4-7,12H2,1-3H3,(H,20,23). The van der Waals surface area contributed by atoms with E-state index in [1.54, 1.807) is 0 Å². The van der Waals surface area contributed by atoms with E-state index in [-0.39, 0.29) is 12.1 Å². The maximum Gasteiger partial charge on any atom is 0.322 e. The first-order valence-electron chi connectivity index (χ1n) is 8.75. The van der Waals surface area contributed by atoms with Crippen molar-refractivity contribution in [1.82, 2.24) is 10.1 Å². The zero-order chi connectivity index (χ0) is 17.1. The molecule has 2 aromatic rings. The van der Waals surface area contributed by atoms with Crippen LogP contribution in [0, 0.1) is 6.92 Å². The molecule has 24 heavy (non-hydrogen) atoms. The second-order valence-corrected chi connectivity index (χ2v) is 6.29. The molecular weight excluding hydrogens is 302 g/mol. The summed E-state index contributed by atoms with van der Waals surface area (Å²) in [6.07, 6.45) is 3.74. The van der Waals surface area contributed by atoms with Crippen molar-refractivity contribution in [2.45, 2.75) is 52.5 Å². The van der Waals surface area contributed by atoms with Crippen LogP contribution < -0.4 is 5.32 Å². The number of nitrogens with zero attached hydrogens (tertiary/aromatic N) is 2. The SMILES string of the molecule is CCc1ccc(NC(=O)N2CCCC2c2c(C)noc2CC)cc1. The van der Waals surface area contributed by atoms with Crippen molar-refractivity contribution in [3.8, 4) is 0 Å². The molecule has 0 spiro atoms. The molecule has 0 aliphatic carbocycles. The van der Waals surface area contributed by atoms with Crippen LogP contribution >= 0.6 is 0 Å². The summed E-state index contributed by atoms with van der Waals surface area (Å²) >= 11 is 0. The lowest BCUT2D eigenvalue weighted by molar-refractivity contribution is 0.206. The molecule has 5 heteroatoms. The number of aromatic nitrogens is 1. The summed E-state index contributed by atoms with van der Waals surface area (Å²) in [5, 5.41) is 7.12. The van der Waals surface area contributed by atoms with E-state index < -0.39 is 0 Å². The Hall–Kier alpha value is -2.30. The Labute approximate surface area is 143 Å². The molecule has 0 saturated carbocycles. The summed E-state index contributed by atoms with van der Waals surface area (Å²) in [6.45, 7) is 6.89. The minimum absolute atomic E-state index is 0.0515. The number of carbonyl (C=O) groups excluding carboxylic acids is 1. The van der Waals surface area contributed by atoms with Crippen molar-refractivity contribution in [2.75, 3.05) is 11.9 Å². The van der Waals surface area contributed by atoms with Gasteiger partial charge in [-0.05, 0) is 43.9 Å². The molecule has 0 radical (unpaired) electrons. The van der Waals surface area contributed by atoms with Crippen molar-refractivity contribution in [3.63, 3.8) is 0 Å². The van der Waals surface area contributed by atoms with Crippen LogP contribution in [0.1, 0.15) is 55.3 Å². The van der Waals surface area contributed by atoms with Gasteiger partial charge >= 0.3 is 6.03 Å². The quantitative estimate of drug-likeness (QED) is 0.901. The van der Waals surface area contributed by atoms with Gasteiger partial charge in [-0.2, -0.15) is 0 Å². The van der Waals surface area contributed by atoms with Gasteiger partial charge in [0, 0.05) is 24.2 Å². The van der Waals surface area contributed by atoms with Gasteiger partial charge in [-0.3, -0.25) is 0 Å². The van der Waals surface area contributed by atoms with E-state index in [0.29, 0.717) is 0 Å². The average molecular weight is 327 g/mol. The third-order valence-electron chi connectivity index (χ3n) is 4.76. The fraction of sp³-hybridized carbons (Fsp3) is 0.474. The largest absolute Gasteiger partial charge is 0.361 e. The Morgan fingerprint density at radius 2 is 2.04 bits per heavy atom. The smallest absolute Gasteiger partial charge is 0.322 e. The molecule has 1 saturated heterocycles. The molecule has 2 heterocycles. The summed E-state index contributed by atoms with van der Waals surface area (Å²) in [6, 6.07) is 8.03. The first-order valence-corrected chi connectivity index (χ1v) is 8.75. The monoisotopic (exact) mass is 327 g/mol. The summed E-state index contributed by atoms with van der Waals surface area (Å²) < 4.78 is 5.42. The van der Waals surface area contributed by atoms with Crippen LogP contribution in [0.4, 0.5) is 10.5 Å². The Balaban J connectivity index is 1.77. The number of rotatable bonds is 4. The Morgan fingerprint density at radius 3 is 2.71 bits per heavy atom. The van der Waals surface area contributed by atoms with Crippen molar-refractivity contribution in [2.24, 2.45) is 0 Å². The molecule has 1 aromatic heterocycles. The highest BCUT2D eigenvalue weighted by molar-refractivity contribution is 5.89. The van der Waals surface area contributed by atoms with E-state index in [9.17, 15) is 4.79 Å². The van der Waals surface area contributed by atoms with E-state index in [1.165, 1.54) is 5.56 Å². The number of benzene rings is 1. The van der Waals surface area contributed by atoms with E-state index in [1.807, 2.05) is 24.0 Å². The third-order valence-corrected chi connectivity index (χ3v) is 4.76. The molecule has 1 aromatic carbocycles. The number of anilines is 1. The van der Waals surface area contributed by atoms with Crippen LogP contribution in [-0.2, 0) is 12.8 Å². The lowest BCUT2D eigenvalue weighted by atomic mass is 10.0. The Morgan fingerprint density at radius 1 is 1.29 bits per heavy atom. The zero-order valence-corrected chi connectivity index (χ0v) is 14.6. The highest BCUT2D eigenvalue weighted by Crippen LogP contribution is 2.36. The molecule has 1 aliphatic rings. The Kier molecular flexibility index (Phi) is 4.88. The van der Waals surface area contributed by atoms with Crippen LogP contribution in [0.3, 0.4) is 0 Å². The van der Waals surface area contributed by atoms with E-state index in [0.717, 1.165) is 54.9 Å². The highest BCUT2D eigenvalue weighted by Gasteiger charge is 2.34. The lowest BCUT2D eigenvalue weighted by Crippen LogP contribution is -2.34. The second kappa shape index (κ2) is 7.07. The summed E-state index contributed by atoms with van der Waals surface area (Å²) in [4.78, 5) is 14.7. The minimum Gasteiger partial charge on any atom is -0.361 e. The molecule has 0 bridgehead atoms. The predicted molar refractivity (Wildman–Crippen MR) is 94.1 cm³/mol. The van der Waals surface area contributed by atoms with Gasteiger partial charge in [-0.1, -0.05) is 31.1 Å². The fourth-order valence-corrected chi connectivity index (χ4v) is 3.43. The number of amides is 2. The number of carbonyl (C=O) groups is 1. The van der Waals surface area contributed by atoms with Gasteiger partial charge in [-0.15, -0.1) is 0 Å². The van der Waals surface area contributed by atoms with Gasteiger partial charge in [0.2, 0.25) is 0 Å². The third kappa shape index (κ3) is 3.16. The van der Waals surface area contributed by atoms with Crippen LogP contribution in [0.5, 0.6) is 0 Å². The number of hydrogen-bond acceptors (Lipinski definition) is 3. The molecule has 1 fully saturated rings. The van der Waals surface area contributed by atoms with Gasteiger partial charge in [0.05, 0.1) is 11.7 Å². The summed E-state index contributed by atoms with van der Waals surface area (Å²) in [5.74, 6) is 0.893. The van der Waals surface area contributed by atoms with Crippen LogP contribution in [0.15, 0.2) is 28.8 Å². The van der Waals surface area contributed by atoms with Crippen molar-refractivity contribution in [3.05, 3.63) is 46.8 Å². The van der Waals surface area contributed by atoms with Gasteiger partial charge < -0.3 is 14.7 Å². The first-order chi connectivity index (χ1) is 11.6. The lowest BCUT2D eigenvalue weighted by Gasteiger charge is -2.25. The maximum absolute atomic E-state index is 12.7.